The standard InChI is InChI=1S/C15H25NO3/c1-11-6-8-12(9-7-11)14(17)16-10-4-2-3-5-13(16)15(18)19/h11-13H,2-10H2,1H3,(H,18,19). The highest BCUT2D eigenvalue weighted by Gasteiger charge is 2.35. The molecular formula is C15H25NO3. The van der Waals surface area contributed by atoms with Gasteiger partial charge in [-0.2, -0.15) is 0 Å². The summed E-state index contributed by atoms with van der Waals surface area (Å²) in [6.45, 7) is 2.86. The Labute approximate surface area is 115 Å². The molecule has 0 aromatic carbocycles. The van der Waals surface area contributed by atoms with Gasteiger partial charge in [-0.05, 0) is 44.4 Å². The number of carboxylic acid groups (broad SMARTS) is 1. The molecule has 1 amide bonds. The Bertz CT molecular complexity index is 334. The minimum absolute atomic E-state index is 0.0659. The summed E-state index contributed by atoms with van der Waals surface area (Å²) < 4.78 is 0. The predicted octanol–water partition coefficient (Wildman–Crippen LogP) is 2.67. The fourth-order valence-electron chi connectivity index (χ4n) is 3.37. The first-order chi connectivity index (χ1) is 9.09. The monoisotopic (exact) mass is 267 g/mol. The van der Waals surface area contributed by atoms with Crippen LogP contribution in [0.25, 0.3) is 0 Å². The van der Waals surface area contributed by atoms with Gasteiger partial charge in [-0.1, -0.05) is 19.8 Å². The van der Waals surface area contributed by atoms with E-state index in [2.05, 4.69) is 6.92 Å². The summed E-state index contributed by atoms with van der Waals surface area (Å²) in [6, 6.07) is -0.589. The third-order valence-corrected chi connectivity index (χ3v) is 4.69. The molecule has 0 aromatic rings. The van der Waals surface area contributed by atoms with E-state index >= 15 is 0 Å². The van der Waals surface area contributed by atoms with Gasteiger partial charge in [-0.25, -0.2) is 4.79 Å². The molecule has 1 saturated carbocycles. The summed E-state index contributed by atoms with van der Waals surface area (Å²) >= 11 is 0. The minimum Gasteiger partial charge on any atom is -0.480 e. The van der Waals surface area contributed by atoms with Crippen molar-refractivity contribution in [1.82, 2.24) is 4.90 Å². The molecule has 0 spiro atoms. The van der Waals surface area contributed by atoms with Crippen molar-refractivity contribution in [2.24, 2.45) is 11.8 Å². The Balaban J connectivity index is 2.03. The van der Waals surface area contributed by atoms with Crippen molar-refractivity contribution in [3.05, 3.63) is 0 Å². The molecule has 0 aromatic heterocycles. The van der Waals surface area contributed by atoms with E-state index in [1.54, 1.807) is 4.90 Å². The highest BCUT2D eigenvalue weighted by atomic mass is 16.4. The van der Waals surface area contributed by atoms with E-state index < -0.39 is 12.0 Å². The lowest BCUT2D eigenvalue weighted by molar-refractivity contribution is -0.152. The Morgan fingerprint density at radius 2 is 1.68 bits per heavy atom. The lowest BCUT2D eigenvalue weighted by Crippen LogP contribution is -2.47. The number of nitrogens with zero attached hydrogens (tertiary/aromatic N) is 1. The van der Waals surface area contributed by atoms with Crippen LogP contribution >= 0.6 is 0 Å². The highest BCUT2D eigenvalue weighted by molar-refractivity contribution is 5.85. The van der Waals surface area contributed by atoms with Crippen molar-refractivity contribution in [2.45, 2.75) is 64.3 Å². The van der Waals surface area contributed by atoms with Crippen LogP contribution in [0.2, 0.25) is 0 Å². The van der Waals surface area contributed by atoms with Crippen molar-refractivity contribution in [3.63, 3.8) is 0 Å². The molecule has 2 aliphatic rings. The summed E-state index contributed by atoms with van der Waals surface area (Å²) in [6.07, 6.45) is 7.58. The number of rotatable bonds is 2. The van der Waals surface area contributed by atoms with Crippen molar-refractivity contribution < 1.29 is 14.7 Å². The number of hydrogen-bond acceptors (Lipinski definition) is 2. The zero-order chi connectivity index (χ0) is 13.8. The predicted molar refractivity (Wildman–Crippen MR) is 72.7 cm³/mol. The molecule has 1 aliphatic heterocycles. The molecular weight excluding hydrogens is 242 g/mol. The Kier molecular flexibility index (Phi) is 4.83. The second-order valence-electron chi connectivity index (χ2n) is 6.19. The second-order valence-corrected chi connectivity index (χ2v) is 6.19. The summed E-state index contributed by atoms with van der Waals surface area (Å²) in [5, 5.41) is 9.33. The SMILES string of the molecule is CC1CCC(C(=O)N2CCCCCC2C(=O)O)CC1. The number of aliphatic carboxylic acids is 1. The summed E-state index contributed by atoms with van der Waals surface area (Å²) in [4.78, 5) is 25.6. The first kappa shape index (κ1) is 14.4. The number of carbonyl (C=O) groups is 2. The van der Waals surface area contributed by atoms with Crippen molar-refractivity contribution in [3.8, 4) is 0 Å². The van der Waals surface area contributed by atoms with Gasteiger partial charge in [0.1, 0.15) is 6.04 Å². The Morgan fingerprint density at radius 3 is 2.32 bits per heavy atom. The lowest BCUT2D eigenvalue weighted by Gasteiger charge is -2.33. The number of amides is 1. The van der Waals surface area contributed by atoms with Crippen molar-refractivity contribution >= 4 is 11.9 Å². The molecule has 4 heteroatoms. The average Bonchev–Trinajstić information content (AvgIpc) is 2.64. The smallest absolute Gasteiger partial charge is 0.326 e. The maximum Gasteiger partial charge on any atom is 0.326 e. The van der Waals surface area contributed by atoms with Gasteiger partial charge in [0.25, 0.3) is 0 Å². The maximum atomic E-state index is 12.6. The molecule has 4 nitrogen and oxygen atoms in total. The molecule has 1 aliphatic carbocycles. The topological polar surface area (TPSA) is 57.6 Å². The van der Waals surface area contributed by atoms with Gasteiger partial charge < -0.3 is 10.0 Å². The van der Waals surface area contributed by atoms with Gasteiger partial charge >= 0.3 is 5.97 Å². The molecule has 1 N–H and O–H groups in total. The third kappa shape index (κ3) is 3.48. The van der Waals surface area contributed by atoms with Gasteiger partial charge in [0.15, 0.2) is 0 Å². The molecule has 0 bridgehead atoms. The van der Waals surface area contributed by atoms with Crippen LogP contribution in [0.4, 0.5) is 0 Å². The largest absolute Gasteiger partial charge is 0.480 e. The van der Waals surface area contributed by atoms with Crippen molar-refractivity contribution in [1.29, 1.82) is 0 Å². The number of carboxylic acids is 1. The van der Waals surface area contributed by atoms with E-state index in [0.29, 0.717) is 18.9 Å². The summed E-state index contributed by atoms with van der Waals surface area (Å²) in [7, 11) is 0. The van der Waals surface area contributed by atoms with Crippen LogP contribution in [-0.2, 0) is 9.59 Å². The molecule has 1 atom stereocenters. The molecule has 0 radical (unpaired) electrons. The van der Waals surface area contributed by atoms with Crippen LogP contribution in [0.15, 0.2) is 0 Å². The minimum atomic E-state index is -0.834. The van der Waals surface area contributed by atoms with Crippen LogP contribution in [0.5, 0.6) is 0 Å². The van der Waals surface area contributed by atoms with Gasteiger partial charge in [-0.15, -0.1) is 0 Å². The van der Waals surface area contributed by atoms with E-state index in [9.17, 15) is 14.7 Å². The second kappa shape index (κ2) is 6.40. The number of carbonyl (C=O) groups excluding carboxylic acids is 1. The quantitative estimate of drug-likeness (QED) is 0.836. The van der Waals surface area contributed by atoms with Crippen LogP contribution < -0.4 is 0 Å². The van der Waals surface area contributed by atoms with E-state index in [4.69, 9.17) is 0 Å². The molecule has 2 fully saturated rings. The molecule has 1 heterocycles. The van der Waals surface area contributed by atoms with Gasteiger partial charge in [-0.3, -0.25) is 4.79 Å². The van der Waals surface area contributed by atoms with E-state index in [0.717, 1.165) is 44.9 Å². The van der Waals surface area contributed by atoms with Crippen molar-refractivity contribution in [2.75, 3.05) is 6.54 Å². The van der Waals surface area contributed by atoms with Crippen LogP contribution in [0.1, 0.15) is 58.3 Å². The van der Waals surface area contributed by atoms with E-state index in [1.807, 2.05) is 0 Å². The van der Waals surface area contributed by atoms with Crippen LogP contribution in [0, 0.1) is 11.8 Å². The fourth-order valence-corrected chi connectivity index (χ4v) is 3.37. The first-order valence-electron chi connectivity index (χ1n) is 7.63. The third-order valence-electron chi connectivity index (χ3n) is 4.69. The average molecular weight is 267 g/mol. The number of likely N-dealkylation sites (tertiary alicyclic amines) is 1. The normalized spacial score (nSPS) is 32.7. The molecule has 1 saturated heterocycles. The Hall–Kier alpha value is -1.06. The zero-order valence-corrected chi connectivity index (χ0v) is 11.8. The molecule has 19 heavy (non-hydrogen) atoms. The van der Waals surface area contributed by atoms with Crippen LogP contribution in [-0.4, -0.2) is 34.5 Å². The van der Waals surface area contributed by atoms with E-state index in [-0.39, 0.29) is 11.8 Å². The Morgan fingerprint density at radius 1 is 1.00 bits per heavy atom. The summed E-state index contributed by atoms with van der Waals surface area (Å²) in [5.41, 5.74) is 0. The fraction of sp³-hybridized carbons (Fsp3) is 0.867. The number of hydrogen-bond donors (Lipinski definition) is 1. The summed E-state index contributed by atoms with van der Waals surface area (Å²) in [5.74, 6) is 0.0419. The first-order valence-corrected chi connectivity index (χ1v) is 7.63. The molecule has 108 valence electrons. The zero-order valence-electron chi connectivity index (χ0n) is 11.8. The van der Waals surface area contributed by atoms with Crippen LogP contribution in [0.3, 0.4) is 0 Å². The van der Waals surface area contributed by atoms with Gasteiger partial charge in [0, 0.05) is 12.5 Å². The molecule has 1 unspecified atom stereocenters. The maximum absolute atomic E-state index is 12.6. The molecule has 2 rings (SSSR count). The van der Waals surface area contributed by atoms with Gasteiger partial charge in [0.05, 0.1) is 0 Å². The van der Waals surface area contributed by atoms with E-state index in [1.165, 1.54) is 0 Å². The van der Waals surface area contributed by atoms with Gasteiger partial charge in [0.2, 0.25) is 5.91 Å². The highest BCUT2D eigenvalue weighted by Crippen LogP contribution is 2.31. The lowest BCUT2D eigenvalue weighted by atomic mass is 9.82.